The summed E-state index contributed by atoms with van der Waals surface area (Å²) >= 11 is 7.50. The lowest BCUT2D eigenvalue weighted by molar-refractivity contribution is 0.385. The SMILES string of the molecule is CCNC(c1ccc(F)c(OC)c1)c1ccc(Cl)s1. The third-order valence-corrected chi connectivity index (χ3v) is 4.09. The maximum Gasteiger partial charge on any atom is 0.165 e. The molecule has 1 atom stereocenters. The molecule has 1 aromatic heterocycles. The molecule has 2 nitrogen and oxygen atoms in total. The average molecular weight is 300 g/mol. The van der Waals surface area contributed by atoms with Gasteiger partial charge in [-0.15, -0.1) is 11.3 Å². The van der Waals surface area contributed by atoms with Gasteiger partial charge in [0.2, 0.25) is 0 Å². The first-order valence-electron chi connectivity index (χ1n) is 5.97. The molecule has 2 aromatic rings. The predicted octanol–water partition coefficient (Wildman–Crippen LogP) is 4.25. The molecule has 0 saturated carbocycles. The van der Waals surface area contributed by atoms with E-state index in [2.05, 4.69) is 5.32 Å². The number of nitrogens with one attached hydrogen (secondary N) is 1. The Morgan fingerprint density at radius 3 is 2.74 bits per heavy atom. The lowest BCUT2D eigenvalue weighted by atomic mass is 10.0. The van der Waals surface area contributed by atoms with Crippen LogP contribution in [0.4, 0.5) is 4.39 Å². The number of hydrogen-bond donors (Lipinski definition) is 1. The second-order valence-corrected chi connectivity index (χ2v) is 5.77. The van der Waals surface area contributed by atoms with Gasteiger partial charge in [0, 0.05) is 4.88 Å². The molecule has 1 N–H and O–H groups in total. The molecule has 2 rings (SSSR count). The van der Waals surface area contributed by atoms with Crippen LogP contribution in [-0.2, 0) is 0 Å². The van der Waals surface area contributed by atoms with Crippen molar-refractivity contribution in [1.29, 1.82) is 0 Å². The molecule has 0 radical (unpaired) electrons. The lowest BCUT2D eigenvalue weighted by Crippen LogP contribution is -2.21. The predicted molar refractivity (Wildman–Crippen MR) is 77.8 cm³/mol. The van der Waals surface area contributed by atoms with Gasteiger partial charge in [-0.05, 0) is 36.4 Å². The van der Waals surface area contributed by atoms with Gasteiger partial charge in [0.25, 0.3) is 0 Å². The third-order valence-electron chi connectivity index (χ3n) is 2.80. The van der Waals surface area contributed by atoms with E-state index in [9.17, 15) is 4.39 Å². The van der Waals surface area contributed by atoms with Gasteiger partial charge in [-0.2, -0.15) is 0 Å². The number of methoxy groups -OCH3 is 1. The van der Waals surface area contributed by atoms with E-state index in [0.29, 0.717) is 0 Å². The Labute approximate surface area is 121 Å². The molecule has 1 heterocycles. The first-order valence-corrected chi connectivity index (χ1v) is 7.17. The fourth-order valence-electron chi connectivity index (χ4n) is 1.93. The van der Waals surface area contributed by atoms with E-state index in [1.165, 1.54) is 24.5 Å². The summed E-state index contributed by atoms with van der Waals surface area (Å²) in [5.74, 6) is -0.103. The summed E-state index contributed by atoms with van der Waals surface area (Å²) in [6.07, 6.45) is 0. The van der Waals surface area contributed by atoms with E-state index < -0.39 is 0 Å². The van der Waals surface area contributed by atoms with Crippen LogP contribution in [0.25, 0.3) is 0 Å². The van der Waals surface area contributed by atoms with Crippen LogP contribution in [-0.4, -0.2) is 13.7 Å². The highest BCUT2D eigenvalue weighted by atomic mass is 35.5. The topological polar surface area (TPSA) is 21.3 Å². The Bertz CT molecular complexity index is 558. The average Bonchev–Trinajstić information content (AvgIpc) is 2.83. The van der Waals surface area contributed by atoms with E-state index in [4.69, 9.17) is 16.3 Å². The van der Waals surface area contributed by atoms with Crippen LogP contribution in [0.1, 0.15) is 23.4 Å². The Morgan fingerprint density at radius 2 is 2.16 bits per heavy atom. The maximum atomic E-state index is 13.5. The summed E-state index contributed by atoms with van der Waals surface area (Å²) in [6, 6.07) is 8.75. The fourth-order valence-corrected chi connectivity index (χ4v) is 3.09. The summed E-state index contributed by atoms with van der Waals surface area (Å²) in [5, 5.41) is 3.37. The lowest BCUT2D eigenvalue weighted by Gasteiger charge is -2.17. The van der Waals surface area contributed by atoms with Gasteiger partial charge in [-0.25, -0.2) is 4.39 Å². The van der Waals surface area contributed by atoms with E-state index in [1.54, 1.807) is 12.1 Å². The summed E-state index contributed by atoms with van der Waals surface area (Å²) in [7, 11) is 1.46. The second-order valence-electron chi connectivity index (χ2n) is 4.03. The van der Waals surface area contributed by atoms with E-state index >= 15 is 0 Å². The van der Waals surface area contributed by atoms with Crippen LogP contribution in [0.15, 0.2) is 30.3 Å². The minimum Gasteiger partial charge on any atom is -0.494 e. The maximum absolute atomic E-state index is 13.5. The first kappa shape index (κ1) is 14.3. The third kappa shape index (κ3) is 3.26. The smallest absolute Gasteiger partial charge is 0.165 e. The molecular weight excluding hydrogens is 285 g/mol. The minimum atomic E-state index is -0.356. The molecule has 1 aromatic carbocycles. The largest absolute Gasteiger partial charge is 0.494 e. The van der Waals surface area contributed by atoms with Crippen LogP contribution in [0.5, 0.6) is 5.75 Å². The van der Waals surface area contributed by atoms with E-state index in [-0.39, 0.29) is 17.6 Å². The highest BCUT2D eigenvalue weighted by Gasteiger charge is 2.17. The highest BCUT2D eigenvalue weighted by Crippen LogP contribution is 2.32. The summed E-state index contributed by atoms with van der Waals surface area (Å²) in [6.45, 7) is 2.84. The van der Waals surface area contributed by atoms with Gasteiger partial charge < -0.3 is 10.1 Å². The monoisotopic (exact) mass is 299 g/mol. The molecule has 0 fully saturated rings. The number of thiophene rings is 1. The quantitative estimate of drug-likeness (QED) is 0.891. The zero-order valence-electron chi connectivity index (χ0n) is 10.7. The number of rotatable bonds is 5. The van der Waals surface area contributed by atoms with Crippen molar-refractivity contribution >= 4 is 22.9 Å². The highest BCUT2D eigenvalue weighted by molar-refractivity contribution is 7.16. The molecule has 0 amide bonds. The molecule has 5 heteroatoms. The van der Waals surface area contributed by atoms with Crippen molar-refractivity contribution in [2.45, 2.75) is 13.0 Å². The van der Waals surface area contributed by atoms with Crippen LogP contribution in [0.2, 0.25) is 4.34 Å². The van der Waals surface area contributed by atoms with Crippen molar-refractivity contribution in [1.82, 2.24) is 5.32 Å². The van der Waals surface area contributed by atoms with E-state index in [0.717, 1.165) is 21.3 Å². The second kappa shape index (κ2) is 6.37. The number of ether oxygens (including phenoxy) is 1. The van der Waals surface area contributed by atoms with Crippen LogP contribution in [0.3, 0.4) is 0 Å². The summed E-state index contributed by atoms with van der Waals surface area (Å²) in [4.78, 5) is 1.10. The standard InChI is InChI=1S/C14H15ClFNOS/c1-3-17-14(12-6-7-13(15)19-12)9-4-5-10(16)11(8-9)18-2/h4-8,14,17H,3H2,1-2H3. The van der Waals surface area contributed by atoms with Crippen molar-refractivity contribution < 1.29 is 9.13 Å². The van der Waals surface area contributed by atoms with Crippen LogP contribution in [0, 0.1) is 5.82 Å². The van der Waals surface area contributed by atoms with Gasteiger partial charge in [0.1, 0.15) is 0 Å². The molecule has 0 aliphatic rings. The summed E-state index contributed by atoms with van der Waals surface area (Å²) in [5.41, 5.74) is 0.957. The molecular formula is C14H15ClFNOS. The van der Waals surface area contributed by atoms with Crippen molar-refractivity contribution in [2.75, 3.05) is 13.7 Å². The van der Waals surface area contributed by atoms with Crippen LogP contribution < -0.4 is 10.1 Å². The van der Waals surface area contributed by atoms with Gasteiger partial charge in [-0.3, -0.25) is 0 Å². The number of halogens is 2. The van der Waals surface area contributed by atoms with Crippen molar-refractivity contribution in [3.05, 3.63) is 50.9 Å². The van der Waals surface area contributed by atoms with E-state index in [1.807, 2.05) is 19.1 Å². The van der Waals surface area contributed by atoms with Crippen molar-refractivity contribution in [3.63, 3.8) is 0 Å². The Hall–Kier alpha value is -1.10. The molecule has 0 spiro atoms. The minimum absolute atomic E-state index is 0.00278. The Balaban J connectivity index is 2.38. The Kier molecular flexibility index (Phi) is 4.80. The zero-order chi connectivity index (χ0) is 13.8. The molecule has 1 unspecified atom stereocenters. The molecule has 0 bridgehead atoms. The first-order chi connectivity index (χ1) is 9.15. The van der Waals surface area contributed by atoms with Gasteiger partial charge in [-0.1, -0.05) is 24.6 Å². The normalized spacial score (nSPS) is 12.4. The zero-order valence-corrected chi connectivity index (χ0v) is 12.3. The van der Waals surface area contributed by atoms with Gasteiger partial charge in [0.05, 0.1) is 17.5 Å². The molecule has 19 heavy (non-hydrogen) atoms. The number of hydrogen-bond acceptors (Lipinski definition) is 3. The molecule has 0 aliphatic carbocycles. The molecule has 0 saturated heterocycles. The number of benzene rings is 1. The van der Waals surface area contributed by atoms with Crippen molar-refractivity contribution in [3.8, 4) is 5.75 Å². The van der Waals surface area contributed by atoms with Crippen molar-refractivity contribution in [2.24, 2.45) is 0 Å². The fraction of sp³-hybridized carbons (Fsp3) is 0.286. The van der Waals surface area contributed by atoms with Gasteiger partial charge >= 0.3 is 0 Å². The Morgan fingerprint density at radius 1 is 1.37 bits per heavy atom. The van der Waals surface area contributed by atoms with Crippen LogP contribution >= 0.6 is 22.9 Å². The molecule has 0 aliphatic heterocycles. The van der Waals surface area contributed by atoms with Gasteiger partial charge in [0.15, 0.2) is 11.6 Å². The molecule has 102 valence electrons. The summed E-state index contributed by atoms with van der Waals surface area (Å²) < 4.78 is 19.2.